The lowest BCUT2D eigenvalue weighted by molar-refractivity contribution is -0.144. The van der Waals surface area contributed by atoms with Crippen molar-refractivity contribution in [2.45, 2.75) is 71.6 Å². The average Bonchev–Trinajstić information content (AvgIpc) is 3.12. The van der Waals surface area contributed by atoms with Crippen LogP contribution in [0.4, 0.5) is 0 Å². The van der Waals surface area contributed by atoms with Gasteiger partial charge in [-0.05, 0) is 94.3 Å². The Bertz CT molecular complexity index is 1700. The summed E-state index contributed by atoms with van der Waals surface area (Å²) in [5, 5.41) is 23.5. The molecule has 4 rings (SSSR count). The maximum absolute atomic E-state index is 12.0. The molecular formula is C42H50O6. The van der Waals surface area contributed by atoms with Crippen molar-refractivity contribution in [2.75, 3.05) is 26.4 Å². The van der Waals surface area contributed by atoms with E-state index in [1.165, 1.54) is 49.4 Å². The molecule has 0 bridgehead atoms. The van der Waals surface area contributed by atoms with E-state index in [0.29, 0.717) is 6.42 Å². The van der Waals surface area contributed by atoms with Crippen LogP contribution in [0.2, 0.25) is 0 Å². The summed E-state index contributed by atoms with van der Waals surface area (Å²) in [5.41, 5.74) is 6.76. The van der Waals surface area contributed by atoms with Crippen molar-refractivity contribution in [1.29, 1.82) is 0 Å². The molecule has 0 heterocycles. The minimum atomic E-state index is -0.671. The fourth-order valence-corrected chi connectivity index (χ4v) is 6.15. The molecule has 4 aromatic carbocycles. The first-order valence-corrected chi connectivity index (χ1v) is 17.2. The van der Waals surface area contributed by atoms with Gasteiger partial charge in [0, 0.05) is 5.92 Å². The maximum Gasteiger partial charge on any atom is 0.335 e. The maximum atomic E-state index is 12.0. The lowest BCUT2D eigenvalue weighted by Crippen LogP contribution is -2.23. The van der Waals surface area contributed by atoms with Gasteiger partial charge in [-0.1, -0.05) is 107 Å². The summed E-state index contributed by atoms with van der Waals surface area (Å²) >= 11 is 0. The summed E-state index contributed by atoms with van der Waals surface area (Å²) in [6.45, 7) is 10.5. The van der Waals surface area contributed by atoms with E-state index in [0.717, 1.165) is 51.4 Å². The zero-order valence-corrected chi connectivity index (χ0v) is 28.6. The number of aliphatic hydroxyl groups excluding tert-OH is 2. The highest BCUT2D eigenvalue weighted by Gasteiger charge is 2.17. The second-order valence-corrected chi connectivity index (χ2v) is 12.7. The highest BCUT2D eigenvalue weighted by molar-refractivity contribution is 6.07. The molecule has 0 saturated carbocycles. The molecule has 0 aliphatic rings. The van der Waals surface area contributed by atoms with E-state index < -0.39 is 25.2 Å². The second kappa shape index (κ2) is 18.3. The smallest absolute Gasteiger partial charge is 0.335 e. The number of aliphatic hydroxyl groups is 2. The predicted molar refractivity (Wildman–Crippen MR) is 194 cm³/mol. The number of carbonyl (C=O) groups is 2. The Kier molecular flexibility index (Phi) is 14.0. The van der Waals surface area contributed by atoms with Crippen molar-refractivity contribution in [1.82, 2.24) is 0 Å². The van der Waals surface area contributed by atoms with E-state index in [2.05, 4.69) is 93.7 Å². The Morgan fingerprint density at radius 1 is 0.646 bits per heavy atom. The summed E-state index contributed by atoms with van der Waals surface area (Å²) in [6.07, 6.45) is 8.61. The van der Waals surface area contributed by atoms with Crippen LogP contribution in [0.1, 0.15) is 67.3 Å². The number of carbonyl (C=O) groups excluding carboxylic acids is 2. The van der Waals surface area contributed by atoms with Gasteiger partial charge in [0.05, 0.1) is 37.6 Å². The molecule has 2 N–H and O–H groups in total. The standard InChI is InChI=1S/C42H50O6/c1-5-9-31-14-20-39-37(23-31)18-19-38-24-33(15-21-40(38)39)13-17-36-16-12-32(22-35(36)6-2)10-7-8-11-34(27-47-41(45)29(3)25-43)28-48-42(46)30(4)26-44/h12,14-16,18-24,34,43-44H,3-11,13,17,25-28H2,1-2H3. The van der Waals surface area contributed by atoms with Crippen LogP contribution in [-0.2, 0) is 51.2 Å². The van der Waals surface area contributed by atoms with Crippen molar-refractivity contribution >= 4 is 33.5 Å². The van der Waals surface area contributed by atoms with Gasteiger partial charge in [0.25, 0.3) is 0 Å². The number of rotatable bonds is 19. The van der Waals surface area contributed by atoms with Gasteiger partial charge >= 0.3 is 11.9 Å². The number of esters is 2. The van der Waals surface area contributed by atoms with Crippen molar-refractivity contribution in [2.24, 2.45) is 5.92 Å². The second-order valence-electron chi connectivity index (χ2n) is 12.7. The van der Waals surface area contributed by atoms with E-state index in [1.54, 1.807) is 0 Å². The molecule has 48 heavy (non-hydrogen) atoms. The average molecular weight is 651 g/mol. The van der Waals surface area contributed by atoms with Crippen LogP contribution in [-0.4, -0.2) is 48.6 Å². The SMILES string of the molecule is C=C(CO)C(=O)OCC(CCCCc1ccc(CCc2ccc3c(ccc4cc(CCC)ccc43)c2)c(CC)c1)COC(=O)C(=C)CO. The van der Waals surface area contributed by atoms with Gasteiger partial charge in [0.15, 0.2) is 0 Å². The lowest BCUT2D eigenvalue weighted by Gasteiger charge is -2.18. The van der Waals surface area contributed by atoms with Gasteiger partial charge in [0.1, 0.15) is 0 Å². The van der Waals surface area contributed by atoms with Gasteiger partial charge in [-0.2, -0.15) is 0 Å². The molecule has 0 aliphatic carbocycles. The quantitative estimate of drug-likeness (QED) is 0.0466. The van der Waals surface area contributed by atoms with Crippen LogP contribution >= 0.6 is 0 Å². The molecule has 4 aromatic rings. The Morgan fingerprint density at radius 2 is 1.19 bits per heavy atom. The molecule has 0 aromatic heterocycles. The molecule has 6 nitrogen and oxygen atoms in total. The number of hydrogen-bond donors (Lipinski definition) is 2. The number of aryl methyl sites for hydroxylation is 5. The largest absolute Gasteiger partial charge is 0.462 e. The molecule has 0 saturated heterocycles. The summed E-state index contributed by atoms with van der Waals surface area (Å²) < 4.78 is 10.6. The third-order valence-corrected chi connectivity index (χ3v) is 9.02. The molecule has 0 aliphatic heterocycles. The van der Waals surface area contributed by atoms with E-state index in [-0.39, 0.29) is 30.3 Å². The van der Waals surface area contributed by atoms with Gasteiger partial charge < -0.3 is 19.7 Å². The first-order valence-electron chi connectivity index (χ1n) is 17.2. The number of benzene rings is 4. The number of unbranched alkanes of at least 4 members (excludes halogenated alkanes) is 1. The van der Waals surface area contributed by atoms with Crippen molar-refractivity contribution in [3.8, 4) is 0 Å². The molecule has 0 fully saturated rings. The molecule has 6 heteroatoms. The van der Waals surface area contributed by atoms with Crippen molar-refractivity contribution in [3.63, 3.8) is 0 Å². The Hall–Kier alpha value is -4.26. The molecule has 0 amide bonds. The zero-order chi connectivity index (χ0) is 34.5. The van der Waals surface area contributed by atoms with Crippen LogP contribution in [0, 0.1) is 5.92 Å². The molecule has 254 valence electrons. The van der Waals surface area contributed by atoms with Crippen LogP contribution in [0.15, 0.2) is 91.0 Å². The van der Waals surface area contributed by atoms with Crippen molar-refractivity contribution in [3.05, 3.63) is 119 Å². The Balaban J connectivity index is 1.32. The van der Waals surface area contributed by atoms with E-state index in [1.807, 2.05) is 0 Å². The van der Waals surface area contributed by atoms with Crippen LogP contribution in [0.5, 0.6) is 0 Å². The monoisotopic (exact) mass is 650 g/mol. The summed E-state index contributed by atoms with van der Waals surface area (Å²) in [6, 6.07) is 25.1. The fraction of sp³-hybridized carbons (Fsp3) is 0.381. The predicted octanol–water partition coefficient (Wildman–Crippen LogP) is 7.81. The lowest BCUT2D eigenvalue weighted by atomic mass is 9.93. The van der Waals surface area contributed by atoms with Gasteiger partial charge in [-0.25, -0.2) is 9.59 Å². The highest BCUT2D eigenvalue weighted by atomic mass is 16.5. The first kappa shape index (κ1) is 36.6. The highest BCUT2D eigenvalue weighted by Crippen LogP contribution is 2.28. The summed E-state index contributed by atoms with van der Waals surface area (Å²) in [4.78, 5) is 24.0. The van der Waals surface area contributed by atoms with E-state index in [9.17, 15) is 9.59 Å². The number of fused-ring (bicyclic) bond motifs is 3. The summed E-state index contributed by atoms with van der Waals surface area (Å²) in [5.74, 6) is -1.57. The number of ether oxygens (including phenoxy) is 2. The Labute approximate surface area is 285 Å². The molecular weight excluding hydrogens is 600 g/mol. The third kappa shape index (κ3) is 10.1. The van der Waals surface area contributed by atoms with E-state index in [4.69, 9.17) is 19.7 Å². The summed E-state index contributed by atoms with van der Waals surface area (Å²) in [7, 11) is 0. The number of hydrogen-bond acceptors (Lipinski definition) is 6. The van der Waals surface area contributed by atoms with Gasteiger partial charge in [0.2, 0.25) is 0 Å². The topological polar surface area (TPSA) is 93.1 Å². The zero-order valence-electron chi connectivity index (χ0n) is 28.6. The Morgan fingerprint density at radius 3 is 1.73 bits per heavy atom. The normalized spacial score (nSPS) is 11.3. The van der Waals surface area contributed by atoms with Gasteiger partial charge in [-0.15, -0.1) is 0 Å². The van der Waals surface area contributed by atoms with Crippen LogP contribution in [0.25, 0.3) is 21.5 Å². The molecule has 0 atom stereocenters. The van der Waals surface area contributed by atoms with Crippen molar-refractivity contribution < 1.29 is 29.3 Å². The first-order chi connectivity index (χ1) is 23.3. The molecule has 0 unspecified atom stereocenters. The van der Waals surface area contributed by atoms with Crippen LogP contribution < -0.4 is 0 Å². The van der Waals surface area contributed by atoms with E-state index >= 15 is 0 Å². The molecule has 0 spiro atoms. The third-order valence-electron chi connectivity index (χ3n) is 9.02. The molecule has 0 radical (unpaired) electrons. The minimum Gasteiger partial charge on any atom is -0.462 e. The van der Waals surface area contributed by atoms with Crippen LogP contribution in [0.3, 0.4) is 0 Å². The fourth-order valence-electron chi connectivity index (χ4n) is 6.15. The minimum absolute atomic E-state index is 0.0266. The van der Waals surface area contributed by atoms with Gasteiger partial charge in [-0.3, -0.25) is 0 Å².